The van der Waals surface area contributed by atoms with E-state index >= 15 is 0 Å². The zero-order valence-corrected chi connectivity index (χ0v) is 15.5. The fourth-order valence-electron chi connectivity index (χ4n) is 4.96. The minimum absolute atomic E-state index is 0.0819. The molecule has 0 saturated carbocycles. The molecule has 1 aromatic heterocycles. The van der Waals surface area contributed by atoms with Gasteiger partial charge in [0, 0.05) is 34.1 Å². The van der Waals surface area contributed by atoms with Crippen LogP contribution in [0.1, 0.15) is 40.8 Å². The number of aromatic nitrogens is 1. The normalized spacial score (nSPS) is 25.2. The maximum absolute atomic E-state index is 13.7. The summed E-state index contributed by atoms with van der Waals surface area (Å²) in [5, 5.41) is 4.12. The molecule has 134 valence electrons. The average Bonchev–Trinajstić information content (AvgIpc) is 3.00. The lowest BCUT2D eigenvalue weighted by Gasteiger charge is -2.41. The van der Waals surface area contributed by atoms with Crippen molar-refractivity contribution in [2.24, 2.45) is 0 Å². The van der Waals surface area contributed by atoms with Crippen LogP contribution in [0.5, 0.6) is 0 Å². The monoisotopic (exact) mass is 366 g/mol. The van der Waals surface area contributed by atoms with Crippen molar-refractivity contribution in [2.45, 2.75) is 41.9 Å². The number of aromatic amines is 1. The molecule has 2 aliphatic rings. The molecule has 1 aliphatic carbocycles. The van der Waals surface area contributed by atoms with Gasteiger partial charge in [-0.25, -0.2) is 8.42 Å². The van der Waals surface area contributed by atoms with E-state index in [1.807, 2.05) is 13.0 Å². The standard InChI is InChI=1S/C21H22N2O2S/c1-13-18-19-15(9-5-11-17(19)23-13)16-10-6-12-22-20(16)21(18)26(24,25)14-7-3-2-4-8-14/h2-5,7-9,11,16,20-23H,6,10,12H2,1H3/t16?,20-,21?/m0/s1. The van der Waals surface area contributed by atoms with Crippen LogP contribution in [0.15, 0.2) is 53.4 Å². The fraction of sp³-hybridized carbons (Fsp3) is 0.333. The first kappa shape index (κ1) is 16.1. The number of rotatable bonds is 2. The van der Waals surface area contributed by atoms with Gasteiger partial charge in [0.1, 0.15) is 5.25 Å². The molecule has 26 heavy (non-hydrogen) atoms. The molecule has 0 amide bonds. The highest BCUT2D eigenvalue weighted by molar-refractivity contribution is 7.91. The van der Waals surface area contributed by atoms with Crippen molar-refractivity contribution in [3.8, 4) is 0 Å². The van der Waals surface area contributed by atoms with E-state index in [0.29, 0.717) is 4.90 Å². The third-order valence-electron chi connectivity index (χ3n) is 6.01. The molecule has 5 heteroatoms. The summed E-state index contributed by atoms with van der Waals surface area (Å²) in [5.41, 5.74) is 4.25. The van der Waals surface area contributed by atoms with Gasteiger partial charge >= 0.3 is 0 Å². The lowest BCUT2D eigenvalue weighted by molar-refractivity contribution is 0.334. The average molecular weight is 366 g/mol. The summed E-state index contributed by atoms with van der Waals surface area (Å²) in [6.07, 6.45) is 2.11. The van der Waals surface area contributed by atoms with E-state index in [-0.39, 0.29) is 12.0 Å². The van der Waals surface area contributed by atoms with E-state index in [0.717, 1.165) is 41.5 Å². The van der Waals surface area contributed by atoms with Gasteiger partial charge in [-0.15, -0.1) is 0 Å². The highest BCUT2D eigenvalue weighted by Crippen LogP contribution is 2.50. The predicted molar refractivity (Wildman–Crippen MR) is 103 cm³/mol. The number of piperidine rings is 1. The van der Waals surface area contributed by atoms with Gasteiger partial charge in [-0.3, -0.25) is 0 Å². The van der Waals surface area contributed by atoms with Gasteiger partial charge < -0.3 is 10.3 Å². The second-order valence-electron chi connectivity index (χ2n) is 7.44. The molecule has 0 radical (unpaired) electrons. The molecule has 0 bridgehead atoms. The van der Waals surface area contributed by atoms with Crippen LogP contribution < -0.4 is 5.32 Å². The van der Waals surface area contributed by atoms with Gasteiger partial charge in [-0.1, -0.05) is 30.3 Å². The van der Waals surface area contributed by atoms with E-state index < -0.39 is 15.1 Å². The largest absolute Gasteiger partial charge is 0.358 e. The number of sulfone groups is 1. The number of aryl methyl sites for hydroxylation is 1. The fourth-order valence-corrected chi connectivity index (χ4v) is 7.07. The number of hydrogen-bond donors (Lipinski definition) is 2. The van der Waals surface area contributed by atoms with E-state index in [1.54, 1.807) is 24.3 Å². The molecule has 2 N–H and O–H groups in total. The maximum atomic E-state index is 13.7. The molecule has 0 spiro atoms. The zero-order valence-electron chi connectivity index (χ0n) is 14.7. The highest BCUT2D eigenvalue weighted by Gasteiger charge is 2.47. The molecule has 1 saturated heterocycles. The quantitative estimate of drug-likeness (QED) is 0.724. The van der Waals surface area contributed by atoms with Crippen LogP contribution in [0.25, 0.3) is 10.9 Å². The summed E-state index contributed by atoms with van der Waals surface area (Å²) in [7, 11) is -3.50. The van der Waals surface area contributed by atoms with E-state index in [1.165, 1.54) is 5.56 Å². The molecule has 2 unspecified atom stereocenters. The molecule has 2 heterocycles. The van der Waals surface area contributed by atoms with Crippen LogP contribution in [-0.2, 0) is 9.84 Å². The Kier molecular flexibility index (Phi) is 3.52. The smallest absolute Gasteiger partial charge is 0.187 e. The zero-order chi connectivity index (χ0) is 17.9. The second-order valence-corrected chi connectivity index (χ2v) is 9.51. The van der Waals surface area contributed by atoms with Crippen LogP contribution in [0.3, 0.4) is 0 Å². The summed E-state index contributed by atoms with van der Waals surface area (Å²) in [5.74, 6) is 0.235. The van der Waals surface area contributed by atoms with E-state index in [9.17, 15) is 8.42 Å². The van der Waals surface area contributed by atoms with Gasteiger partial charge in [0.15, 0.2) is 9.84 Å². The minimum atomic E-state index is -3.50. The maximum Gasteiger partial charge on any atom is 0.187 e. The van der Waals surface area contributed by atoms with E-state index in [4.69, 9.17) is 0 Å². The van der Waals surface area contributed by atoms with Crippen molar-refractivity contribution in [1.82, 2.24) is 10.3 Å². The Morgan fingerprint density at radius 2 is 1.85 bits per heavy atom. The van der Waals surface area contributed by atoms with Crippen LogP contribution in [0.2, 0.25) is 0 Å². The molecule has 3 atom stereocenters. The first-order valence-electron chi connectivity index (χ1n) is 9.22. The molecule has 4 nitrogen and oxygen atoms in total. The Hall–Kier alpha value is -2.11. The first-order chi connectivity index (χ1) is 12.6. The topological polar surface area (TPSA) is 62.0 Å². The summed E-state index contributed by atoms with van der Waals surface area (Å²) < 4.78 is 27.4. The van der Waals surface area contributed by atoms with Crippen LogP contribution in [-0.4, -0.2) is 26.0 Å². The van der Waals surface area contributed by atoms with Crippen molar-refractivity contribution in [3.05, 3.63) is 65.4 Å². The molecular weight excluding hydrogens is 344 g/mol. The Morgan fingerprint density at radius 1 is 1.04 bits per heavy atom. The lowest BCUT2D eigenvalue weighted by atomic mass is 9.75. The van der Waals surface area contributed by atoms with Crippen LogP contribution in [0.4, 0.5) is 0 Å². The number of fused-ring (bicyclic) bond motifs is 2. The Morgan fingerprint density at radius 3 is 2.65 bits per heavy atom. The molecule has 1 fully saturated rings. The van der Waals surface area contributed by atoms with Crippen molar-refractivity contribution >= 4 is 20.7 Å². The summed E-state index contributed by atoms with van der Waals surface area (Å²) in [4.78, 5) is 3.84. The summed E-state index contributed by atoms with van der Waals surface area (Å²) in [6.45, 7) is 2.87. The third kappa shape index (κ3) is 2.14. The van der Waals surface area contributed by atoms with Gasteiger partial charge in [0.05, 0.1) is 4.90 Å². The van der Waals surface area contributed by atoms with Crippen molar-refractivity contribution in [1.29, 1.82) is 0 Å². The van der Waals surface area contributed by atoms with Crippen LogP contribution in [0, 0.1) is 6.92 Å². The molecule has 1 aliphatic heterocycles. The van der Waals surface area contributed by atoms with Gasteiger partial charge in [0.25, 0.3) is 0 Å². The highest BCUT2D eigenvalue weighted by atomic mass is 32.2. The number of hydrogen-bond acceptors (Lipinski definition) is 3. The molecule has 3 aromatic rings. The first-order valence-corrected chi connectivity index (χ1v) is 10.8. The second kappa shape index (κ2) is 5.69. The third-order valence-corrected chi connectivity index (χ3v) is 8.14. The van der Waals surface area contributed by atoms with Crippen molar-refractivity contribution < 1.29 is 8.42 Å². The summed E-state index contributed by atoms with van der Waals surface area (Å²) in [6, 6.07) is 15.1. The van der Waals surface area contributed by atoms with E-state index in [2.05, 4.69) is 28.5 Å². The Labute approximate surface area is 153 Å². The Balaban J connectivity index is 1.82. The minimum Gasteiger partial charge on any atom is -0.358 e. The lowest BCUT2D eigenvalue weighted by Crippen LogP contribution is -2.48. The SMILES string of the molecule is Cc1[nH]c2cccc3c2c1C(S(=O)(=O)c1ccccc1)[C@H]1NCCCC31. The van der Waals surface area contributed by atoms with Crippen molar-refractivity contribution in [2.75, 3.05) is 6.54 Å². The van der Waals surface area contributed by atoms with Gasteiger partial charge in [0.2, 0.25) is 0 Å². The number of nitrogens with one attached hydrogen (secondary N) is 2. The molecule has 2 aromatic carbocycles. The molecule has 5 rings (SSSR count). The Bertz CT molecular complexity index is 1090. The van der Waals surface area contributed by atoms with Gasteiger partial charge in [-0.05, 0) is 50.1 Å². The number of H-pyrrole nitrogens is 1. The predicted octanol–water partition coefficient (Wildman–Crippen LogP) is 3.84. The number of benzene rings is 2. The van der Waals surface area contributed by atoms with Gasteiger partial charge in [-0.2, -0.15) is 0 Å². The van der Waals surface area contributed by atoms with Crippen molar-refractivity contribution in [3.63, 3.8) is 0 Å². The summed E-state index contributed by atoms with van der Waals surface area (Å²) >= 11 is 0. The van der Waals surface area contributed by atoms with Crippen LogP contribution >= 0.6 is 0 Å². The molecular formula is C21H22N2O2S.